The molecule has 1 saturated carbocycles. The number of amides is 2. The highest BCUT2D eigenvalue weighted by Gasteiger charge is 2.32. The van der Waals surface area contributed by atoms with Crippen LogP contribution in [-0.2, 0) is 9.53 Å². The summed E-state index contributed by atoms with van der Waals surface area (Å²) < 4.78 is 5.15. The summed E-state index contributed by atoms with van der Waals surface area (Å²) in [6.45, 7) is 2.22. The molecule has 6 nitrogen and oxygen atoms in total. The molecule has 1 heterocycles. The molecule has 0 saturated heterocycles. The maximum Gasteiger partial charge on any atom is 0.341 e. The summed E-state index contributed by atoms with van der Waals surface area (Å²) in [5.41, 5.74) is 1.89. The lowest BCUT2D eigenvalue weighted by molar-refractivity contribution is -0.116. The zero-order valence-electron chi connectivity index (χ0n) is 15.4. The first-order valence-electron chi connectivity index (χ1n) is 9.11. The van der Waals surface area contributed by atoms with Crippen molar-refractivity contribution < 1.29 is 19.1 Å². The molecule has 2 amide bonds. The minimum absolute atomic E-state index is 0.0955. The van der Waals surface area contributed by atoms with Crippen LogP contribution < -0.4 is 10.6 Å². The number of anilines is 1. The molecule has 1 aromatic heterocycles. The molecule has 148 valence electrons. The Balaban J connectivity index is 1.55. The van der Waals surface area contributed by atoms with Crippen molar-refractivity contribution in [3.63, 3.8) is 0 Å². The highest BCUT2D eigenvalue weighted by molar-refractivity contribution is 7.15. The first-order chi connectivity index (χ1) is 13.5. The molecule has 3 rings (SSSR count). The van der Waals surface area contributed by atoms with E-state index in [2.05, 4.69) is 10.6 Å². The highest BCUT2D eigenvalue weighted by Crippen LogP contribution is 2.46. The first kappa shape index (κ1) is 20.4. The van der Waals surface area contributed by atoms with Crippen LogP contribution in [0.5, 0.6) is 0 Å². The van der Waals surface area contributed by atoms with Gasteiger partial charge in [0.15, 0.2) is 0 Å². The topological polar surface area (TPSA) is 84.5 Å². The summed E-state index contributed by atoms with van der Waals surface area (Å²) in [5.74, 6) is -0.577. The monoisotopic (exact) mass is 420 g/mol. The third kappa shape index (κ3) is 5.11. The fourth-order valence-electron chi connectivity index (χ4n) is 2.75. The lowest BCUT2D eigenvalue weighted by atomic mass is 10.1. The predicted molar refractivity (Wildman–Crippen MR) is 109 cm³/mol. The Hall–Kier alpha value is -2.38. The Morgan fingerprint density at radius 3 is 2.57 bits per heavy atom. The number of halogens is 1. The van der Waals surface area contributed by atoms with Gasteiger partial charge in [0, 0.05) is 23.6 Å². The van der Waals surface area contributed by atoms with Crippen LogP contribution in [0, 0.1) is 0 Å². The van der Waals surface area contributed by atoms with E-state index in [-0.39, 0.29) is 31.4 Å². The molecule has 0 aliphatic heterocycles. The zero-order valence-corrected chi connectivity index (χ0v) is 17.0. The minimum atomic E-state index is -0.406. The van der Waals surface area contributed by atoms with Gasteiger partial charge in [-0.3, -0.25) is 9.59 Å². The average molecular weight is 421 g/mol. The Morgan fingerprint density at radius 2 is 1.93 bits per heavy atom. The SMILES string of the molecule is CCOC(=O)c1c(C2CC2)csc1NC(=O)CCNC(=O)c1ccc(Cl)cc1. The van der Waals surface area contributed by atoms with Crippen molar-refractivity contribution in [2.75, 3.05) is 18.5 Å². The quantitative estimate of drug-likeness (QED) is 0.626. The smallest absolute Gasteiger partial charge is 0.341 e. The highest BCUT2D eigenvalue weighted by atomic mass is 35.5. The maximum atomic E-state index is 12.3. The van der Waals surface area contributed by atoms with Crippen LogP contribution >= 0.6 is 22.9 Å². The zero-order chi connectivity index (χ0) is 20.1. The number of carbonyl (C=O) groups is 3. The number of thiophene rings is 1. The van der Waals surface area contributed by atoms with Crippen LogP contribution in [0.25, 0.3) is 0 Å². The van der Waals surface area contributed by atoms with Crippen molar-refractivity contribution in [1.82, 2.24) is 5.32 Å². The maximum absolute atomic E-state index is 12.3. The summed E-state index contributed by atoms with van der Waals surface area (Å²) in [6, 6.07) is 6.51. The van der Waals surface area contributed by atoms with E-state index in [4.69, 9.17) is 16.3 Å². The molecule has 2 aromatic rings. The fraction of sp³-hybridized carbons (Fsp3) is 0.350. The lowest BCUT2D eigenvalue weighted by Crippen LogP contribution is -2.27. The molecular formula is C20H21ClN2O4S. The molecule has 0 unspecified atom stereocenters. The third-order valence-corrected chi connectivity index (χ3v) is 5.48. The van der Waals surface area contributed by atoms with Gasteiger partial charge in [-0.2, -0.15) is 0 Å². The van der Waals surface area contributed by atoms with Crippen LogP contribution in [-0.4, -0.2) is 30.9 Å². The Kier molecular flexibility index (Phi) is 6.70. The lowest BCUT2D eigenvalue weighted by Gasteiger charge is -2.09. The van der Waals surface area contributed by atoms with E-state index in [1.54, 1.807) is 31.2 Å². The number of hydrogen-bond acceptors (Lipinski definition) is 5. The first-order valence-corrected chi connectivity index (χ1v) is 10.4. The number of carbonyl (C=O) groups excluding carboxylic acids is 3. The summed E-state index contributed by atoms with van der Waals surface area (Å²) >= 11 is 7.13. The van der Waals surface area contributed by atoms with Crippen molar-refractivity contribution in [2.45, 2.75) is 32.1 Å². The van der Waals surface area contributed by atoms with Gasteiger partial charge >= 0.3 is 5.97 Å². The number of benzene rings is 1. The molecule has 1 aliphatic rings. The number of rotatable bonds is 8. The van der Waals surface area contributed by atoms with E-state index < -0.39 is 5.97 Å². The molecule has 0 radical (unpaired) electrons. The van der Waals surface area contributed by atoms with Gasteiger partial charge in [-0.05, 0) is 60.9 Å². The van der Waals surface area contributed by atoms with Gasteiger partial charge in [0.2, 0.25) is 5.91 Å². The number of nitrogens with one attached hydrogen (secondary N) is 2. The molecule has 2 N–H and O–H groups in total. The summed E-state index contributed by atoms with van der Waals surface area (Å²) in [4.78, 5) is 36.6. The van der Waals surface area contributed by atoms with Crippen molar-refractivity contribution >= 4 is 45.7 Å². The summed E-state index contributed by atoms with van der Waals surface area (Å²) in [7, 11) is 0. The van der Waals surface area contributed by atoms with Crippen molar-refractivity contribution in [3.8, 4) is 0 Å². The van der Waals surface area contributed by atoms with Crippen LogP contribution in [0.4, 0.5) is 5.00 Å². The van der Waals surface area contributed by atoms with Gasteiger partial charge in [-0.1, -0.05) is 11.6 Å². The standard InChI is InChI=1S/C20H21ClN2O4S/c1-2-27-20(26)17-15(12-3-4-12)11-28-19(17)23-16(24)9-10-22-18(25)13-5-7-14(21)8-6-13/h5-8,11-12H,2-4,9-10H2,1H3,(H,22,25)(H,23,24). The molecular weight excluding hydrogens is 400 g/mol. The van der Waals surface area contributed by atoms with Gasteiger partial charge < -0.3 is 15.4 Å². The summed E-state index contributed by atoms with van der Waals surface area (Å²) in [5, 5.41) is 8.46. The van der Waals surface area contributed by atoms with Crippen LogP contribution in [0.3, 0.4) is 0 Å². The second-order valence-corrected chi connectivity index (χ2v) is 7.77. The van der Waals surface area contributed by atoms with Crippen molar-refractivity contribution in [3.05, 3.63) is 51.4 Å². The normalized spacial score (nSPS) is 13.1. The molecule has 0 atom stereocenters. The Labute approximate surface area is 172 Å². The number of hydrogen-bond donors (Lipinski definition) is 2. The van der Waals surface area contributed by atoms with Crippen LogP contribution in [0.15, 0.2) is 29.6 Å². The van der Waals surface area contributed by atoms with Gasteiger partial charge in [0.05, 0.1) is 12.2 Å². The second kappa shape index (κ2) is 9.21. The molecule has 1 aliphatic carbocycles. The van der Waals surface area contributed by atoms with Gasteiger partial charge in [0.25, 0.3) is 5.91 Å². The van der Waals surface area contributed by atoms with E-state index >= 15 is 0 Å². The van der Waals surface area contributed by atoms with Crippen LogP contribution in [0.1, 0.15) is 58.4 Å². The van der Waals surface area contributed by atoms with E-state index in [9.17, 15) is 14.4 Å². The Bertz CT molecular complexity index is 875. The van der Waals surface area contributed by atoms with E-state index in [0.717, 1.165) is 18.4 Å². The largest absolute Gasteiger partial charge is 0.462 e. The van der Waals surface area contributed by atoms with Gasteiger partial charge in [0.1, 0.15) is 5.00 Å². The summed E-state index contributed by atoms with van der Waals surface area (Å²) in [6.07, 6.45) is 2.19. The molecule has 1 fully saturated rings. The average Bonchev–Trinajstić information content (AvgIpc) is 3.43. The van der Waals surface area contributed by atoms with E-state index in [1.165, 1.54) is 11.3 Å². The molecule has 0 bridgehead atoms. The second-order valence-electron chi connectivity index (χ2n) is 6.45. The third-order valence-electron chi connectivity index (χ3n) is 4.31. The molecule has 0 spiro atoms. The van der Waals surface area contributed by atoms with Crippen molar-refractivity contribution in [2.24, 2.45) is 0 Å². The van der Waals surface area contributed by atoms with Gasteiger partial charge in [-0.25, -0.2) is 4.79 Å². The van der Waals surface area contributed by atoms with E-state index in [0.29, 0.717) is 27.1 Å². The van der Waals surface area contributed by atoms with Crippen molar-refractivity contribution in [1.29, 1.82) is 0 Å². The molecule has 8 heteroatoms. The van der Waals surface area contributed by atoms with Crippen LogP contribution in [0.2, 0.25) is 5.02 Å². The molecule has 1 aromatic carbocycles. The van der Waals surface area contributed by atoms with E-state index in [1.807, 2.05) is 5.38 Å². The minimum Gasteiger partial charge on any atom is -0.462 e. The fourth-order valence-corrected chi connectivity index (χ4v) is 3.93. The number of esters is 1. The Morgan fingerprint density at radius 1 is 1.21 bits per heavy atom. The number of ether oxygens (including phenoxy) is 1. The molecule has 28 heavy (non-hydrogen) atoms. The predicted octanol–water partition coefficient (Wildman–Crippen LogP) is 4.21. The van der Waals surface area contributed by atoms with Gasteiger partial charge in [-0.15, -0.1) is 11.3 Å².